The Labute approximate surface area is 121 Å². The predicted octanol–water partition coefficient (Wildman–Crippen LogP) is 2.26. The highest BCUT2D eigenvalue weighted by atomic mass is 16.2. The van der Waals surface area contributed by atoms with Crippen molar-refractivity contribution < 1.29 is 4.79 Å². The Hall–Kier alpha value is -1.79. The van der Waals surface area contributed by atoms with Gasteiger partial charge in [-0.15, -0.1) is 0 Å². The molecular weight excluding hydrogens is 248 g/mol. The molecule has 1 aliphatic carbocycles. The number of benzene rings is 1. The molecule has 2 N–H and O–H groups in total. The summed E-state index contributed by atoms with van der Waals surface area (Å²) in [7, 11) is 0. The maximum absolute atomic E-state index is 12.8. The van der Waals surface area contributed by atoms with Gasteiger partial charge in [0, 0.05) is 18.2 Å². The summed E-state index contributed by atoms with van der Waals surface area (Å²) in [5, 5.41) is 0. The molecule has 0 atom stereocenters. The minimum Gasteiger partial charge on any atom is -0.336 e. The van der Waals surface area contributed by atoms with Crippen molar-refractivity contribution in [2.45, 2.75) is 32.7 Å². The Kier molecular flexibility index (Phi) is 4.81. The molecule has 1 amide bonds. The van der Waals surface area contributed by atoms with Gasteiger partial charge in [-0.25, -0.2) is 0 Å². The normalized spacial score (nSPS) is 13.8. The quantitative estimate of drug-likeness (QED) is 0.853. The highest BCUT2D eigenvalue weighted by molar-refractivity contribution is 5.97. The van der Waals surface area contributed by atoms with Crippen LogP contribution < -0.4 is 5.73 Å². The Morgan fingerprint density at radius 2 is 2.10 bits per heavy atom. The van der Waals surface area contributed by atoms with Crippen molar-refractivity contribution in [2.75, 3.05) is 13.1 Å². The lowest BCUT2D eigenvalue weighted by Gasteiger charge is -2.27. The van der Waals surface area contributed by atoms with Crippen LogP contribution in [-0.4, -0.2) is 29.9 Å². The van der Waals surface area contributed by atoms with Crippen LogP contribution in [0.15, 0.2) is 24.3 Å². The zero-order valence-electron chi connectivity index (χ0n) is 12.2. The lowest BCUT2D eigenvalue weighted by molar-refractivity contribution is 0.0696. The Morgan fingerprint density at radius 1 is 1.40 bits per heavy atom. The van der Waals surface area contributed by atoms with Crippen molar-refractivity contribution in [3.8, 4) is 11.8 Å². The van der Waals surface area contributed by atoms with Crippen LogP contribution in [0.5, 0.6) is 0 Å². The van der Waals surface area contributed by atoms with Crippen LogP contribution in [0.3, 0.4) is 0 Å². The zero-order chi connectivity index (χ0) is 14.5. The summed E-state index contributed by atoms with van der Waals surface area (Å²) in [6.45, 7) is 5.29. The van der Waals surface area contributed by atoms with E-state index >= 15 is 0 Å². The van der Waals surface area contributed by atoms with Gasteiger partial charge in [-0.1, -0.05) is 24.0 Å². The fourth-order valence-electron chi connectivity index (χ4n) is 2.19. The second-order valence-corrected chi connectivity index (χ2v) is 5.55. The third kappa shape index (κ3) is 3.61. The van der Waals surface area contributed by atoms with Gasteiger partial charge in [-0.05, 0) is 44.7 Å². The molecule has 3 nitrogen and oxygen atoms in total. The third-order valence-corrected chi connectivity index (χ3v) is 3.52. The molecule has 2 rings (SSSR count). The molecule has 1 aliphatic rings. The van der Waals surface area contributed by atoms with Gasteiger partial charge < -0.3 is 10.6 Å². The average molecular weight is 270 g/mol. The summed E-state index contributed by atoms with van der Waals surface area (Å²) in [5.41, 5.74) is 6.87. The average Bonchev–Trinajstić information content (AvgIpc) is 3.26. The summed E-state index contributed by atoms with van der Waals surface area (Å²) in [5.74, 6) is 6.58. The third-order valence-electron chi connectivity index (χ3n) is 3.52. The Balaban J connectivity index is 2.25. The first-order chi connectivity index (χ1) is 9.63. The Bertz CT molecular complexity index is 535. The number of carbonyl (C=O) groups is 1. The van der Waals surface area contributed by atoms with E-state index in [1.165, 1.54) is 12.8 Å². The zero-order valence-corrected chi connectivity index (χ0v) is 12.2. The number of hydrogen-bond donors (Lipinski definition) is 1. The number of hydrogen-bond acceptors (Lipinski definition) is 2. The van der Waals surface area contributed by atoms with Crippen LogP contribution in [0.4, 0.5) is 0 Å². The molecule has 0 unspecified atom stereocenters. The van der Waals surface area contributed by atoms with Crippen LogP contribution in [-0.2, 0) is 0 Å². The summed E-state index contributed by atoms with van der Waals surface area (Å²) in [6.07, 6.45) is 2.48. The van der Waals surface area contributed by atoms with Gasteiger partial charge in [0.15, 0.2) is 0 Å². The van der Waals surface area contributed by atoms with E-state index in [1.807, 2.05) is 29.2 Å². The molecule has 0 saturated heterocycles. The van der Waals surface area contributed by atoms with E-state index in [9.17, 15) is 4.79 Å². The molecule has 1 aromatic carbocycles. The van der Waals surface area contributed by atoms with Gasteiger partial charge in [0.1, 0.15) is 0 Å². The standard InChI is InChI=1S/C17H22N2O/c1-13(2)19(12-14-9-10-14)17(20)16-8-4-3-6-15(16)7-5-11-18/h3-4,6,8,13-14H,9-12,18H2,1-2H3. The maximum atomic E-state index is 12.8. The number of carbonyl (C=O) groups excluding carboxylic acids is 1. The summed E-state index contributed by atoms with van der Waals surface area (Å²) in [6, 6.07) is 7.73. The largest absolute Gasteiger partial charge is 0.336 e. The molecule has 3 heteroatoms. The van der Waals surface area contributed by atoms with Crippen LogP contribution in [0.25, 0.3) is 0 Å². The second kappa shape index (κ2) is 6.58. The van der Waals surface area contributed by atoms with Gasteiger partial charge in [-0.2, -0.15) is 0 Å². The van der Waals surface area contributed by atoms with Crippen molar-refractivity contribution in [2.24, 2.45) is 11.7 Å². The summed E-state index contributed by atoms with van der Waals surface area (Å²) >= 11 is 0. The van der Waals surface area contributed by atoms with Gasteiger partial charge in [0.05, 0.1) is 12.1 Å². The molecule has 1 saturated carbocycles. The topological polar surface area (TPSA) is 46.3 Å². The minimum atomic E-state index is 0.0776. The number of nitrogens with zero attached hydrogens (tertiary/aromatic N) is 1. The molecule has 0 spiro atoms. The fraction of sp³-hybridized carbons (Fsp3) is 0.471. The van der Waals surface area contributed by atoms with E-state index < -0.39 is 0 Å². The SMILES string of the molecule is CC(C)N(CC1CC1)C(=O)c1ccccc1C#CCN. The van der Waals surface area contributed by atoms with Gasteiger partial charge >= 0.3 is 0 Å². The number of amides is 1. The van der Waals surface area contributed by atoms with E-state index in [2.05, 4.69) is 25.7 Å². The van der Waals surface area contributed by atoms with E-state index in [0.717, 1.165) is 12.1 Å². The predicted molar refractivity (Wildman–Crippen MR) is 81.3 cm³/mol. The van der Waals surface area contributed by atoms with Crippen molar-refractivity contribution in [3.63, 3.8) is 0 Å². The van der Waals surface area contributed by atoms with E-state index in [4.69, 9.17) is 5.73 Å². The Morgan fingerprint density at radius 3 is 2.70 bits per heavy atom. The van der Waals surface area contributed by atoms with E-state index in [1.54, 1.807) is 0 Å². The van der Waals surface area contributed by atoms with Gasteiger partial charge in [0.2, 0.25) is 0 Å². The number of rotatable bonds is 4. The van der Waals surface area contributed by atoms with E-state index in [-0.39, 0.29) is 11.9 Å². The highest BCUT2D eigenvalue weighted by Gasteiger charge is 2.29. The van der Waals surface area contributed by atoms with Crippen LogP contribution in [0.2, 0.25) is 0 Å². The van der Waals surface area contributed by atoms with Gasteiger partial charge in [0.25, 0.3) is 5.91 Å². The molecular formula is C17H22N2O. The van der Waals surface area contributed by atoms with Crippen molar-refractivity contribution >= 4 is 5.91 Å². The maximum Gasteiger partial charge on any atom is 0.255 e. The lowest BCUT2D eigenvalue weighted by atomic mass is 10.1. The van der Waals surface area contributed by atoms with Crippen LogP contribution in [0, 0.1) is 17.8 Å². The first-order valence-corrected chi connectivity index (χ1v) is 7.22. The number of nitrogens with two attached hydrogens (primary N) is 1. The first-order valence-electron chi connectivity index (χ1n) is 7.22. The molecule has 1 aromatic rings. The molecule has 106 valence electrons. The smallest absolute Gasteiger partial charge is 0.255 e. The molecule has 0 radical (unpaired) electrons. The van der Waals surface area contributed by atoms with Crippen molar-refractivity contribution in [1.82, 2.24) is 4.90 Å². The lowest BCUT2D eigenvalue weighted by Crippen LogP contribution is -2.38. The van der Waals surface area contributed by atoms with Crippen molar-refractivity contribution in [1.29, 1.82) is 0 Å². The summed E-state index contributed by atoms with van der Waals surface area (Å²) in [4.78, 5) is 14.7. The molecule has 0 aliphatic heterocycles. The minimum absolute atomic E-state index is 0.0776. The second-order valence-electron chi connectivity index (χ2n) is 5.55. The molecule has 0 aromatic heterocycles. The van der Waals surface area contributed by atoms with E-state index in [0.29, 0.717) is 18.0 Å². The van der Waals surface area contributed by atoms with Gasteiger partial charge in [-0.3, -0.25) is 4.79 Å². The molecule has 0 heterocycles. The molecule has 0 bridgehead atoms. The molecule has 1 fully saturated rings. The molecule has 20 heavy (non-hydrogen) atoms. The summed E-state index contributed by atoms with van der Waals surface area (Å²) < 4.78 is 0. The highest BCUT2D eigenvalue weighted by Crippen LogP contribution is 2.31. The van der Waals surface area contributed by atoms with Crippen molar-refractivity contribution in [3.05, 3.63) is 35.4 Å². The van der Waals surface area contributed by atoms with Crippen LogP contribution in [0.1, 0.15) is 42.6 Å². The fourth-order valence-corrected chi connectivity index (χ4v) is 2.19. The van der Waals surface area contributed by atoms with Crippen LogP contribution >= 0.6 is 0 Å². The monoisotopic (exact) mass is 270 g/mol. The first kappa shape index (κ1) is 14.6.